The van der Waals surface area contributed by atoms with Crippen LogP contribution in [0.15, 0.2) is 0 Å². The van der Waals surface area contributed by atoms with Crippen LogP contribution in [0.3, 0.4) is 0 Å². The highest BCUT2D eigenvalue weighted by Gasteiger charge is 2.51. The molecule has 1 aliphatic carbocycles. The molecule has 4 heteroatoms. The van der Waals surface area contributed by atoms with Crippen LogP contribution in [0, 0.1) is 11.8 Å². The van der Waals surface area contributed by atoms with Crippen LogP contribution >= 0.6 is 0 Å². The molecule has 2 N–H and O–H groups in total. The van der Waals surface area contributed by atoms with Gasteiger partial charge in [-0.25, -0.2) is 0 Å². The molecular weight excluding hydrogens is 216 g/mol. The van der Waals surface area contributed by atoms with Crippen LogP contribution in [0.5, 0.6) is 0 Å². The molecule has 0 spiro atoms. The predicted molar refractivity (Wildman–Crippen MR) is 65.1 cm³/mol. The fourth-order valence-corrected chi connectivity index (χ4v) is 3.14. The average Bonchev–Trinajstić information content (AvgIpc) is 2.55. The second-order valence-corrected chi connectivity index (χ2v) is 5.58. The second kappa shape index (κ2) is 4.41. The first-order valence-corrected chi connectivity index (χ1v) is 6.61. The molecule has 96 valence electrons. The SMILES string of the molecule is CC1C(=O)N(C2(CN)CCCCC2)C(=O)C1C. The summed E-state index contributed by atoms with van der Waals surface area (Å²) in [6.07, 6.45) is 5.07. The zero-order valence-corrected chi connectivity index (χ0v) is 10.7. The zero-order valence-electron chi connectivity index (χ0n) is 10.7. The van der Waals surface area contributed by atoms with E-state index in [-0.39, 0.29) is 29.2 Å². The van der Waals surface area contributed by atoms with Crippen molar-refractivity contribution in [2.75, 3.05) is 6.54 Å². The van der Waals surface area contributed by atoms with Gasteiger partial charge < -0.3 is 5.73 Å². The first-order chi connectivity index (χ1) is 8.03. The fraction of sp³-hybridized carbons (Fsp3) is 0.846. The van der Waals surface area contributed by atoms with Gasteiger partial charge in [0.25, 0.3) is 0 Å². The van der Waals surface area contributed by atoms with Gasteiger partial charge in [-0.15, -0.1) is 0 Å². The fourth-order valence-electron chi connectivity index (χ4n) is 3.14. The maximum Gasteiger partial charge on any atom is 0.233 e. The molecule has 1 saturated heterocycles. The van der Waals surface area contributed by atoms with Crippen LogP contribution in [-0.2, 0) is 9.59 Å². The van der Waals surface area contributed by atoms with E-state index in [1.165, 1.54) is 11.3 Å². The maximum atomic E-state index is 12.2. The van der Waals surface area contributed by atoms with Crippen LogP contribution in [0.4, 0.5) is 0 Å². The summed E-state index contributed by atoms with van der Waals surface area (Å²) in [6.45, 7) is 4.10. The van der Waals surface area contributed by atoms with Crippen LogP contribution in [0.2, 0.25) is 0 Å². The number of hydrogen-bond acceptors (Lipinski definition) is 3. The summed E-state index contributed by atoms with van der Waals surface area (Å²) in [6, 6.07) is 0. The van der Waals surface area contributed by atoms with Crippen molar-refractivity contribution in [3.05, 3.63) is 0 Å². The van der Waals surface area contributed by atoms with E-state index in [4.69, 9.17) is 5.73 Å². The number of likely N-dealkylation sites (tertiary alicyclic amines) is 1. The van der Waals surface area contributed by atoms with E-state index in [1.54, 1.807) is 0 Å². The van der Waals surface area contributed by atoms with Crippen LogP contribution in [0.1, 0.15) is 46.0 Å². The number of carbonyl (C=O) groups is 2. The number of imide groups is 1. The average molecular weight is 238 g/mol. The summed E-state index contributed by atoms with van der Waals surface area (Å²) < 4.78 is 0. The van der Waals surface area contributed by atoms with Crippen LogP contribution in [0.25, 0.3) is 0 Å². The maximum absolute atomic E-state index is 12.2. The number of carbonyl (C=O) groups excluding carboxylic acids is 2. The molecule has 1 aliphatic heterocycles. The lowest BCUT2D eigenvalue weighted by atomic mass is 9.80. The van der Waals surface area contributed by atoms with Crippen LogP contribution in [-0.4, -0.2) is 28.8 Å². The van der Waals surface area contributed by atoms with Gasteiger partial charge in [0.1, 0.15) is 0 Å². The molecular formula is C13H22N2O2. The van der Waals surface area contributed by atoms with Crippen molar-refractivity contribution >= 4 is 11.8 Å². The lowest BCUT2D eigenvalue weighted by molar-refractivity contribution is -0.148. The first-order valence-electron chi connectivity index (χ1n) is 6.61. The van der Waals surface area contributed by atoms with Gasteiger partial charge in [0, 0.05) is 18.4 Å². The van der Waals surface area contributed by atoms with Gasteiger partial charge in [0.05, 0.1) is 5.54 Å². The number of nitrogens with zero attached hydrogens (tertiary/aromatic N) is 1. The molecule has 0 aromatic heterocycles. The van der Waals surface area contributed by atoms with E-state index >= 15 is 0 Å². The number of amides is 2. The third kappa shape index (κ3) is 1.79. The van der Waals surface area contributed by atoms with E-state index in [1.807, 2.05) is 13.8 Å². The molecule has 2 unspecified atom stereocenters. The molecule has 0 bridgehead atoms. The van der Waals surface area contributed by atoms with Crippen molar-refractivity contribution in [1.29, 1.82) is 0 Å². The van der Waals surface area contributed by atoms with E-state index in [2.05, 4.69) is 0 Å². The van der Waals surface area contributed by atoms with Crippen molar-refractivity contribution < 1.29 is 9.59 Å². The molecule has 2 fully saturated rings. The molecule has 1 heterocycles. The van der Waals surface area contributed by atoms with E-state index in [0.29, 0.717) is 6.54 Å². The summed E-state index contributed by atoms with van der Waals surface area (Å²) in [5.41, 5.74) is 5.50. The summed E-state index contributed by atoms with van der Waals surface area (Å²) in [5, 5.41) is 0. The summed E-state index contributed by atoms with van der Waals surface area (Å²) in [4.78, 5) is 26.0. The monoisotopic (exact) mass is 238 g/mol. The smallest absolute Gasteiger partial charge is 0.233 e. The van der Waals surface area contributed by atoms with Crippen molar-refractivity contribution in [3.63, 3.8) is 0 Å². The second-order valence-electron chi connectivity index (χ2n) is 5.58. The van der Waals surface area contributed by atoms with Gasteiger partial charge in [0.2, 0.25) is 11.8 Å². The molecule has 0 aromatic rings. The molecule has 17 heavy (non-hydrogen) atoms. The molecule has 2 atom stereocenters. The Kier molecular flexibility index (Phi) is 3.25. The molecule has 2 aliphatic rings. The Labute approximate surface area is 103 Å². The predicted octanol–water partition coefficient (Wildman–Crippen LogP) is 1.29. The highest BCUT2D eigenvalue weighted by Crippen LogP contribution is 2.39. The minimum absolute atomic E-state index is 0.0187. The Morgan fingerprint density at radius 2 is 1.59 bits per heavy atom. The first kappa shape index (κ1) is 12.6. The quantitative estimate of drug-likeness (QED) is 0.737. The molecule has 0 aromatic carbocycles. The lowest BCUT2D eigenvalue weighted by Gasteiger charge is -2.42. The number of nitrogens with two attached hydrogens (primary N) is 1. The lowest BCUT2D eigenvalue weighted by Crippen LogP contribution is -2.57. The normalized spacial score (nSPS) is 33.2. The van der Waals surface area contributed by atoms with Gasteiger partial charge >= 0.3 is 0 Å². The third-order valence-corrected chi connectivity index (χ3v) is 4.61. The van der Waals surface area contributed by atoms with Gasteiger partial charge in [-0.3, -0.25) is 14.5 Å². The minimum atomic E-state index is -0.383. The number of rotatable bonds is 2. The highest BCUT2D eigenvalue weighted by atomic mass is 16.2. The largest absolute Gasteiger partial charge is 0.328 e. The molecule has 2 amide bonds. The third-order valence-electron chi connectivity index (χ3n) is 4.61. The van der Waals surface area contributed by atoms with Gasteiger partial charge in [-0.1, -0.05) is 33.1 Å². The van der Waals surface area contributed by atoms with Gasteiger partial charge in [-0.2, -0.15) is 0 Å². The van der Waals surface area contributed by atoms with Crippen molar-refractivity contribution in [3.8, 4) is 0 Å². The standard InChI is InChI=1S/C13H22N2O2/c1-9-10(2)12(17)15(11(9)16)13(8-14)6-4-3-5-7-13/h9-10H,3-8,14H2,1-2H3. The Morgan fingerprint density at radius 3 is 2.00 bits per heavy atom. The molecule has 0 radical (unpaired) electrons. The van der Waals surface area contributed by atoms with E-state index in [0.717, 1.165) is 25.7 Å². The highest BCUT2D eigenvalue weighted by molar-refractivity contribution is 6.05. The van der Waals surface area contributed by atoms with Crippen molar-refractivity contribution in [2.45, 2.75) is 51.5 Å². The summed E-state index contributed by atoms with van der Waals surface area (Å²) in [7, 11) is 0. The topological polar surface area (TPSA) is 63.4 Å². The van der Waals surface area contributed by atoms with E-state index < -0.39 is 0 Å². The van der Waals surface area contributed by atoms with Crippen LogP contribution < -0.4 is 5.73 Å². The summed E-state index contributed by atoms with van der Waals surface area (Å²) in [5.74, 6) is -0.412. The van der Waals surface area contributed by atoms with Gasteiger partial charge in [-0.05, 0) is 12.8 Å². The Bertz CT molecular complexity index is 314. The van der Waals surface area contributed by atoms with Crippen molar-refractivity contribution in [1.82, 2.24) is 4.90 Å². The van der Waals surface area contributed by atoms with Gasteiger partial charge in [0.15, 0.2) is 0 Å². The zero-order chi connectivity index (χ0) is 12.6. The Balaban J connectivity index is 2.31. The van der Waals surface area contributed by atoms with E-state index in [9.17, 15) is 9.59 Å². The molecule has 4 nitrogen and oxygen atoms in total. The van der Waals surface area contributed by atoms with Crippen molar-refractivity contribution in [2.24, 2.45) is 17.6 Å². The number of hydrogen-bond donors (Lipinski definition) is 1. The minimum Gasteiger partial charge on any atom is -0.328 e. The Morgan fingerprint density at radius 1 is 1.12 bits per heavy atom. The Hall–Kier alpha value is -0.900. The molecule has 2 rings (SSSR count). The molecule has 1 saturated carbocycles. The summed E-state index contributed by atoms with van der Waals surface area (Å²) >= 11 is 0.